The first kappa shape index (κ1) is 23.2. The van der Waals surface area contributed by atoms with Gasteiger partial charge in [0.15, 0.2) is 0 Å². The number of nitrogens with one attached hydrogen (secondary N) is 1. The highest BCUT2D eigenvalue weighted by molar-refractivity contribution is 7.89. The van der Waals surface area contributed by atoms with Crippen LogP contribution in [-0.2, 0) is 34.5 Å². The van der Waals surface area contributed by atoms with E-state index in [0.29, 0.717) is 18.1 Å². The summed E-state index contributed by atoms with van der Waals surface area (Å²) >= 11 is 0. The van der Waals surface area contributed by atoms with E-state index < -0.39 is 16.0 Å². The van der Waals surface area contributed by atoms with E-state index >= 15 is 0 Å². The van der Waals surface area contributed by atoms with E-state index in [4.69, 9.17) is 13.9 Å². The van der Waals surface area contributed by atoms with Gasteiger partial charge in [0.2, 0.25) is 10.0 Å². The molecule has 0 radical (unpaired) electrons. The van der Waals surface area contributed by atoms with E-state index in [-0.39, 0.29) is 23.6 Å². The van der Waals surface area contributed by atoms with Crippen LogP contribution in [0.2, 0.25) is 0 Å². The molecule has 0 unspecified atom stereocenters. The fourth-order valence-electron chi connectivity index (χ4n) is 2.99. The first-order valence-corrected chi connectivity index (χ1v) is 11.9. The van der Waals surface area contributed by atoms with Crippen LogP contribution in [0.4, 0.5) is 0 Å². The van der Waals surface area contributed by atoms with Crippen LogP contribution in [0, 0.1) is 0 Å². The van der Waals surface area contributed by atoms with E-state index in [2.05, 4.69) is 9.71 Å². The number of aromatic nitrogens is 1. The van der Waals surface area contributed by atoms with Crippen molar-refractivity contribution in [1.29, 1.82) is 0 Å². The maximum atomic E-state index is 12.4. The Bertz CT molecular complexity index is 1300. The number of hydrogen-bond donors (Lipinski definition) is 1. The van der Waals surface area contributed by atoms with Gasteiger partial charge in [-0.2, -0.15) is 0 Å². The average molecular weight is 479 g/mol. The highest BCUT2D eigenvalue weighted by atomic mass is 32.2. The van der Waals surface area contributed by atoms with Crippen molar-refractivity contribution in [2.75, 3.05) is 0 Å². The molecule has 174 valence electrons. The molecule has 0 atom stereocenters. The van der Waals surface area contributed by atoms with E-state index in [0.717, 1.165) is 11.3 Å². The molecule has 9 heteroatoms. The zero-order chi connectivity index (χ0) is 23.8. The molecule has 0 amide bonds. The van der Waals surface area contributed by atoms with Crippen LogP contribution in [-0.4, -0.2) is 19.4 Å². The van der Waals surface area contributed by atoms with Crippen LogP contribution in [0.3, 0.4) is 0 Å². The first-order chi connectivity index (χ1) is 16.5. The van der Waals surface area contributed by atoms with Crippen LogP contribution >= 0.6 is 0 Å². The lowest BCUT2D eigenvalue weighted by Gasteiger charge is -2.09. The Morgan fingerprint density at radius 1 is 0.912 bits per heavy atom. The van der Waals surface area contributed by atoms with E-state index in [1.807, 2.05) is 18.2 Å². The Hall–Kier alpha value is -3.95. The van der Waals surface area contributed by atoms with Crippen LogP contribution in [0.5, 0.6) is 5.75 Å². The third kappa shape index (κ3) is 6.31. The summed E-state index contributed by atoms with van der Waals surface area (Å²) in [5, 5.41) is 0. The number of esters is 1. The normalized spacial score (nSPS) is 11.2. The molecule has 4 aromatic rings. The van der Waals surface area contributed by atoms with Crippen molar-refractivity contribution in [3.05, 3.63) is 114 Å². The zero-order valence-corrected chi connectivity index (χ0v) is 18.9. The van der Waals surface area contributed by atoms with Crippen molar-refractivity contribution >= 4 is 16.0 Å². The first-order valence-electron chi connectivity index (χ1n) is 10.4. The molecule has 2 aromatic carbocycles. The number of carbonyl (C=O) groups excluding carboxylic acids is 1. The van der Waals surface area contributed by atoms with Gasteiger partial charge in [0.25, 0.3) is 0 Å². The lowest BCUT2D eigenvalue weighted by atomic mass is 10.2. The molecule has 0 aliphatic rings. The molecule has 4 rings (SSSR count). The van der Waals surface area contributed by atoms with Crippen LogP contribution in [0.25, 0.3) is 0 Å². The number of carbonyl (C=O) groups is 1. The van der Waals surface area contributed by atoms with Gasteiger partial charge in [-0.05, 0) is 66.2 Å². The van der Waals surface area contributed by atoms with Crippen LogP contribution < -0.4 is 9.46 Å². The Balaban J connectivity index is 1.27. The van der Waals surface area contributed by atoms with E-state index in [1.54, 1.807) is 42.6 Å². The Kier molecular flexibility index (Phi) is 7.36. The number of sulfonamides is 1. The number of rotatable bonds is 10. The third-order valence-corrected chi connectivity index (χ3v) is 6.24. The number of ether oxygens (including phenoxy) is 2. The minimum Gasteiger partial charge on any atom is -0.487 e. The number of pyridine rings is 1. The summed E-state index contributed by atoms with van der Waals surface area (Å²) in [5.74, 6) is 0.623. The van der Waals surface area contributed by atoms with Crippen molar-refractivity contribution in [1.82, 2.24) is 9.71 Å². The maximum Gasteiger partial charge on any atom is 0.338 e. The minimum absolute atomic E-state index is 0.0338. The second kappa shape index (κ2) is 10.8. The van der Waals surface area contributed by atoms with Crippen molar-refractivity contribution < 1.29 is 27.1 Å². The topological polar surface area (TPSA) is 108 Å². The molecule has 34 heavy (non-hydrogen) atoms. The van der Waals surface area contributed by atoms with Gasteiger partial charge in [0.1, 0.15) is 24.7 Å². The maximum absolute atomic E-state index is 12.4. The molecule has 0 spiro atoms. The summed E-state index contributed by atoms with van der Waals surface area (Å²) in [6.07, 6.45) is 3.18. The molecule has 2 heterocycles. The summed E-state index contributed by atoms with van der Waals surface area (Å²) in [6.45, 7) is 0.468. The molecule has 0 saturated heterocycles. The predicted molar refractivity (Wildman–Crippen MR) is 123 cm³/mol. The third-order valence-electron chi connectivity index (χ3n) is 4.82. The van der Waals surface area contributed by atoms with Crippen molar-refractivity contribution in [3.8, 4) is 5.75 Å². The second-order valence-corrected chi connectivity index (χ2v) is 9.03. The van der Waals surface area contributed by atoms with Crippen molar-refractivity contribution in [2.24, 2.45) is 0 Å². The minimum atomic E-state index is -3.74. The summed E-state index contributed by atoms with van der Waals surface area (Å²) in [6, 6.07) is 21.7. The van der Waals surface area contributed by atoms with E-state index in [1.165, 1.54) is 30.5 Å². The predicted octanol–water partition coefficient (Wildman–Crippen LogP) is 4.09. The van der Waals surface area contributed by atoms with Gasteiger partial charge in [0.05, 0.1) is 29.0 Å². The fourth-order valence-corrected chi connectivity index (χ4v) is 3.98. The van der Waals surface area contributed by atoms with Gasteiger partial charge in [-0.1, -0.05) is 18.2 Å². The zero-order valence-electron chi connectivity index (χ0n) is 18.1. The van der Waals surface area contributed by atoms with Gasteiger partial charge < -0.3 is 13.9 Å². The van der Waals surface area contributed by atoms with Gasteiger partial charge in [-0.15, -0.1) is 0 Å². The molecule has 0 aliphatic heterocycles. The molecule has 1 N–H and O–H groups in total. The Morgan fingerprint density at radius 2 is 1.71 bits per heavy atom. The fraction of sp³-hybridized carbons (Fsp3) is 0.120. The highest BCUT2D eigenvalue weighted by Crippen LogP contribution is 2.16. The number of furan rings is 1. The lowest BCUT2D eigenvalue weighted by Crippen LogP contribution is -2.23. The van der Waals surface area contributed by atoms with Crippen molar-refractivity contribution in [3.63, 3.8) is 0 Å². The SMILES string of the molecule is O=C(OCc1ccc(OCc2ccccn2)cc1)c1ccc(S(=O)(=O)NCc2ccco2)cc1. The molecule has 0 fully saturated rings. The Labute approximate surface area is 197 Å². The highest BCUT2D eigenvalue weighted by Gasteiger charge is 2.16. The van der Waals surface area contributed by atoms with Gasteiger partial charge in [-0.3, -0.25) is 4.98 Å². The molecule has 2 aromatic heterocycles. The molecular formula is C25H22N2O6S. The van der Waals surface area contributed by atoms with Gasteiger partial charge in [-0.25, -0.2) is 17.9 Å². The van der Waals surface area contributed by atoms with Crippen LogP contribution in [0.15, 0.2) is 101 Å². The molecule has 0 aliphatic carbocycles. The van der Waals surface area contributed by atoms with Crippen LogP contribution in [0.1, 0.15) is 27.4 Å². The number of benzene rings is 2. The second-order valence-electron chi connectivity index (χ2n) is 7.26. The molecular weight excluding hydrogens is 456 g/mol. The molecule has 0 bridgehead atoms. The summed E-state index contributed by atoms with van der Waals surface area (Å²) in [7, 11) is -3.74. The van der Waals surface area contributed by atoms with Crippen molar-refractivity contribution in [2.45, 2.75) is 24.7 Å². The smallest absolute Gasteiger partial charge is 0.338 e. The molecule has 8 nitrogen and oxygen atoms in total. The quantitative estimate of drug-likeness (QED) is 0.342. The van der Waals surface area contributed by atoms with Gasteiger partial charge in [0, 0.05) is 6.20 Å². The standard InChI is InChI=1S/C25H22N2O6S/c28-25(20-8-12-24(13-9-20)34(29,30)27-16-23-5-3-15-31-23)33-17-19-6-10-22(11-7-19)32-18-21-4-1-2-14-26-21/h1-15,27H,16-18H2. The summed E-state index contributed by atoms with van der Waals surface area (Å²) in [5.41, 5.74) is 1.87. The monoisotopic (exact) mass is 478 g/mol. The number of nitrogens with zero attached hydrogens (tertiary/aromatic N) is 1. The Morgan fingerprint density at radius 3 is 2.38 bits per heavy atom. The van der Waals surface area contributed by atoms with E-state index in [9.17, 15) is 13.2 Å². The molecule has 0 saturated carbocycles. The average Bonchev–Trinajstić information content (AvgIpc) is 3.40. The largest absolute Gasteiger partial charge is 0.487 e. The summed E-state index contributed by atoms with van der Waals surface area (Å²) < 4.78 is 43.4. The number of hydrogen-bond acceptors (Lipinski definition) is 7. The van der Waals surface area contributed by atoms with Gasteiger partial charge >= 0.3 is 5.97 Å². The lowest BCUT2D eigenvalue weighted by molar-refractivity contribution is 0.0472. The summed E-state index contributed by atoms with van der Waals surface area (Å²) in [4.78, 5) is 16.6.